The Morgan fingerprint density at radius 2 is 1.79 bits per heavy atom. The van der Waals surface area contributed by atoms with Crippen molar-refractivity contribution in [3.63, 3.8) is 0 Å². The molecule has 0 aliphatic rings. The first kappa shape index (κ1) is 24.9. The van der Waals surface area contributed by atoms with E-state index in [1.54, 1.807) is 39.0 Å². The van der Waals surface area contributed by atoms with Gasteiger partial charge in [-0.1, -0.05) is 30.3 Å². The van der Waals surface area contributed by atoms with Crippen molar-refractivity contribution in [1.29, 1.82) is 0 Å². The van der Waals surface area contributed by atoms with Gasteiger partial charge < -0.3 is 10.1 Å². The number of ether oxygens (including phenoxy) is 1. The highest BCUT2D eigenvalue weighted by Crippen LogP contribution is 2.32. The van der Waals surface area contributed by atoms with E-state index in [1.165, 1.54) is 17.4 Å². The molecule has 0 aliphatic heterocycles. The highest BCUT2D eigenvalue weighted by molar-refractivity contribution is 7.89. The van der Waals surface area contributed by atoms with Crippen molar-refractivity contribution in [3.05, 3.63) is 65.2 Å². The van der Waals surface area contributed by atoms with Gasteiger partial charge in [0.15, 0.2) is 0 Å². The molecule has 0 saturated heterocycles. The summed E-state index contributed by atoms with van der Waals surface area (Å²) in [6.07, 6.45) is 0.0997. The molecule has 7 nitrogen and oxygen atoms in total. The van der Waals surface area contributed by atoms with Crippen LogP contribution in [0.15, 0.2) is 58.8 Å². The van der Waals surface area contributed by atoms with E-state index in [9.17, 15) is 13.2 Å². The molecule has 0 aliphatic carbocycles. The quantitative estimate of drug-likeness (QED) is 0.473. The summed E-state index contributed by atoms with van der Waals surface area (Å²) in [7, 11) is -3.72. The summed E-state index contributed by atoms with van der Waals surface area (Å²) in [6.45, 7) is 7.93. The minimum atomic E-state index is -3.72. The van der Waals surface area contributed by atoms with E-state index < -0.39 is 15.6 Å². The van der Waals surface area contributed by atoms with Gasteiger partial charge in [-0.2, -0.15) is 0 Å². The van der Waals surface area contributed by atoms with Gasteiger partial charge in [0.25, 0.3) is 0 Å². The van der Waals surface area contributed by atoms with E-state index in [4.69, 9.17) is 4.74 Å². The zero-order valence-electron chi connectivity index (χ0n) is 19.2. The number of hydrogen-bond donors (Lipinski definition) is 2. The number of aromatic nitrogens is 1. The number of sulfonamides is 1. The average Bonchev–Trinajstić information content (AvgIpc) is 3.19. The fourth-order valence-electron chi connectivity index (χ4n) is 3.23. The summed E-state index contributed by atoms with van der Waals surface area (Å²) in [5.41, 5.74) is 1.45. The number of amides is 1. The summed E-state index contributed by atoms with van der Waals surface area (Å²) in [5, 5.41) is 5.45. The van der Waals surface area contributed by atoms with Crippen LogP contribution in [-0.4, -0.2) is 31.5 Å². The van der Waals surface area contributed by atoms with Gasteiger partial charge in [0.1, 0.15) is 10.8 Å². The minimum absolute atomic E-state index is 0.0997. The topological polar surface area (TPSA) is 97.4 Å². The number of nitrogens with zero attached hydrogens (tertiary/aromatic N) is 1. The third-order valence-electron chi connectivity index (χ3n) is 4.49. The SMILES string of the molecule is CCOc1ccccc1-c1nc(CC(=O)NCc2ccccc2S(=O)(=O)NC(C)(C)C)cs1. The first-order valence-corrected chi connectivity index (χ1v) is 13.0. The van der Waals surface area contributed by atoms with Crippen LogP contribution >= 0.6 is 11.3 Å². The van der Waals surface area contributed by atoms with Crippen LogP contribution in [0.5, 0.6) is 5.75 Å². The van der Waals surface area contributed by atoms with Crippen molar-refractivity contribution in [2.24, 2.45) is 0 Å². The number of rotatable bonds is 9. The maximum Gasteiger partial charge on any atom is 0.241 e. The van der Waals surface area contributed by atoms with Gasteiger partial charge in [-0.25, -0.2) is 18.1 Å². The van der Waals surface area contributed by atoms with Gasteiger partial charge in [-0.05, 0) is 51.5 Å². The molecular weight excluding hydrogens is 458 g/mol. The number of thiazole rings is 1. The van der Waals surface area contributed by atoms with Gasteiger partial charge in [0, 0.05) is 17.5 Å². The molecule has 0 saturated carbocycles. The lowest BCUT2D eigenvalue weighted by atomic mass is 10.1. The molecule has 2 aromatic carbocycles. The summed E-state index contributed by atoms with van der Waals surface area (Å²) in [4.78, 5) is 17.3. The van der Waals surface area contributed by atoms with Gasteiger partial charge in [0.2, 0.25) is 15.9 Å². The largest absolute Gasteiger partial charge is 0.493 e. The molecule has 3 rings (SSSR count). The Kier molecular flexibility index (Phi) is 7.88. The number of para-hydroxylation sites is 1. The van der Waals surface area contributed by atoms with Crippen molar-refractivity contribution in [2.45, 2.75) is 51.1 Å². The lowest BCUT2D eigenvalue weighted by Gasteiger charge is -2.21. The van der Waals surface area contributed by atoms with E-state index in [0.29, 0.717) is 17.9 Å². The van der Waals surface area contributed by atoms with Crippen LogP contribution in [0.4, 0.5) is 0 Å². The van der Waals surface area contributed by atoms with Gasteiger partial charge in [-0.3, -0.25) is 4.79 Å². The molecule has 1 aromatic heterocycles. The van der Waals surface area contributed by atoms with Crippen LogP contribution in [0.3, 0.4) is 0 Å². The highest BCUT2D eigenvalue weighted by Gasteiger charge is 2.24. The van der Waals surface area contributed by atoms with Crippen molar-refractivity contribution in [1.82, 2.24) is 15.0 Å². The van der Waals surface area contributed by atoms with Crippen molar-refractivity contribution in [2.75, 3.05) is 6.61 Å². The molecule has 1 heterocycles. The fraction of sp³-hybridized carbons (Fsp3) is 0.333. The summed E-state index contributed by atoms with van der Waals surface area (Å²) in [6, 6.07) is 14.3. The lowest BCUT2D eigenvalue weighted by Crippen LogP contribution is -2.41. The first-order valence-electron chi connectivity index (χ1n) is 10.6. The zero-order chi connectivity index (χ0) is 24.1. The smallest absolute Gasteiger partial charge is 0.241 e. The molecule has 0 bridgehead atoms. The van der Waals surface area contributed by atoms with Gasteiger partial charge in [0.05, 0.1) is 29.2 Å². The second-order valence-electron chi connectivity index (χ2n) is 8.49. The van der Waals surface area contributed by atoms with Crippen molar-refractivity contribution < 1.29 is 17.9 Å². The maximum atomic E-state index is 12.8. The summed E-state index contributed by atoms with van der Waals surface area (Å²) in [5.74, 6) is 0.521. The Morgan fingerprint density at radius 3 is 2.52 bits per heavy atom. The van der Waals surface area contributed by atoms with Crippen molar-refractivity contribution in [3.8, 4) is 16.3 Å². The van der Waals surface area contributed by atoms with Gasteiger partial charge >= 0.3 is 0 Å². The normalized spacial score (nSPS) is 11.9. The Hall–Kier alpha value is -2.75. The molecule has 3 aromatic rings. The molecule has 176 valence electrons. The first-order chi connectivity index (χ1) is 15.6. The van der Waals surface area contributed by atoms with E-state index in [2.05, 4.69) is 15.0 Å². The van der Waals surface area contributed by atoms with E-state index in [1.807, 2.05) is 36.6 Å². The molecule has 0 atom stereocenters. The lowest BCUT2D eigenvalue weighted by molar-refractivity contribution is -0.120. The Morgan fingerprint density at radius 1 is 1.09 bits per heavy atom. The third kappa shape index (κ3) is 6.86. The van der Waals surface area contributed by atoms with E-state index in [0.717, 1.165) is 16.3 Å². The number of hydrogen-bond acceptors (Lipinski definition) is 6. The number of carbonyl (C=O) groups excluding carboxylic acids is 1. The van der Waals surface area contributed by atoms with Gasteiger partial charge in [-0.15, -0.1) is 11.3 Å². The van der Waals surface area contributed by atoms with Crippen LogP contribution in [-0.2, 0) is 27.8 Å². The molecular formula is C24H29N3O4S2. The standard InChI is InChI=1S/C24H29N3O4S2/c1-5-31-20-12-8-7-11-19(20)23-26-18(16-32-23)14-22(28)25-15-17-10-6-9-13-21(17)33(29,30)27-24(2,3)4/h6-13,16,27H,5,14-15H2,1-4H3,(H,25,28). The Labute approximate surface area is 199 Å². The van der Waals surface area contributed by atoms with Crippen LogP contribution < -0.4 is 14.8 Å². The monoisotopic (exact) mass is 487 g/mol. The number of benzene rings is 2. The number of carbonyl (C=O) groups is 1. The van der Waals surface area contributed by atoms with E-state index >= 15 is 0 Å². The molecule has 0 unspecified atom stereocenters. The predicted molar refractivity (Wildman–Crippen MR) is 131 cm³/mol. The highest BCUT2D eigenvalue weighted by atomic mass is 32.2. The molecule has 0 radical (unpaired) electrons. The molecule has 2 N–H and O–H groups in total. The molecule has 1 amide bonds. The van der Waals surface area contributed by atoms with Crippen molar-refractivity contribution >= 4 is 27.3 Å². The van der Waals surface area contributed by atoms with Crippen LogP contribution in [0, 0.1) is 0 Å². The summed E-state index contributed by atoms with van der Waals surface area (Å²) >= 11 is 1.45. The summed E-state index contributed by atoms with van der Waals surface area (Å²) < 4.78 is 33.9. The Bertz CT molecular complexity index is 1210. The number of nitrogens with one attached hydrogen (secondary N) is 2. The second kappa shape index (κ2) is 10.5. The maximum absolute atomic E-state index is 12.8. The minimum Gasteiger partial charge on any atom is -0.493 e. The molecule has 9 heteroatoms. The zero-order valence-corrected chi connectivity index (χ0v) is 20.8. The average molecular weight is 488 g/mol. The molecule has 0 fully saturated rings. The molecule has 0 spiro atoms. The predicted octanol–water partition coefficient (Wildman–Crippen LogP) is 4.14. The van der Waals surface area contributed by atoms with Crippen LogP contribution in [0.1, 0.15) is 39.0 Å². The van der Waals surface area contributed by atoms with E-state index in [-0.39, 0.29) is 23.8 Å². The second-order valence-corrected chi connectivity index (χ2v) is 11.0. The van der Waals surface area contributed by atoms with Crippen LogP contribution in [0.25, 0.3) is 10.6 Å². The third-order valence-corrected chi connectivity index (χ3v) is 7.27. The molecule has 33 heavy (non-hydrogen) atoms. The Balaban J connectivity index is 1.67. The van der Waals surface area contributed by atoms with Crippen LogP contribution in [0.2, 0.25) is 0 Å². The fourth-order valence-corrected chi connectivity index (χ4v) is 5.74.